The summed E-state index contributed by atoms with van der Waals surface area (Å²) in [7, 11) is 0. The summed E-state index contributed by atoms with van der Waals surface area (Å²) in [5.74, 6) is -2.52. The number of rotatable bonds is 3. The van der Waals surface area contributed by atoms with Crippen LogP contribution >= 0.6 is 11.6 Å². The van der Waals surface area contributed by atoms with E-state index in [9.17, 15) is 9.59 Å². The Bertz CT molecular complexity index is 184. The minimum absolute atomic E-state index is 0.325. The van der Waals surface area contributed by atoms with Crippen molar-refractivity contribution in [3.8, 4) is 0 Å². The third-order valence-corrected chi connectivity index (χ3v) is 1.01. The van der Waals surface area contributed by atoms with Gasteiger partial charge in [0, 0.05) is 5.54 Å². The molecule has 0 atom stereocenters. The molecule has 0 aromatic rings. The number of carboxylic acids is 2. The van der Waals surface area contributed by atoms with Gasteiger partial charge in [-0.2, -0.15) is 0 Å². The van der Waals surface area contributed by atoms with Crippen molar-refractivity contribution in [2.24, 2.45) is 0 Å². The molecule has 0 amide bonds. The minimum atomic E-state index is -1.31. The molecule has 0 heterocycles. The van der Waals surface area contributed by atoms with Crippen LogP contribution in [0, 0.1) is 0 Å². The molecule has 0 bridgehead atoms. The van der Waals surface area contributed by atoms with Crippen LogP contribution in [0.25, 0.3) is 0 Å². The average Bonchev–Trinajstić information content (AvgIpc) is 1.81. The first-order valence-electron chi connectivity index (χ1n) is 2.32. The van der Waals surface area contributed by atoms with Gasteiger partial charge in [0.15, 0.2) is 0 Å². The topological polar surface area (TPSA) is 74.6 Å². The Morgan fingerprint density at radius 2 is 1.90 bits per heavy atom. The van der Waals surface area contributed by atoms with Crippen LogP contribution < -0.4 is 0 Å². The molecule has 0 spiro atoms. The van der Waals surface area contributed by atoms with Gasteiger partial charge in [0.05, 0.1) is 12.0 Å². The molecule has 56 valence electrons. The Kier molecular flexibility index (Phi) is 3.49. The number of aliphatic carboxylic acids is 2. The van der Waals surface area contributed by atoms with Gasteiger partial charge >= 0.3 is 11.9 Å². The molecular weight excluding hydrogens is 160 g/mol. The Balaban J connectivity index is 4.12. The second-order valence-electron chi connectivity index (χ2n) is 1.51. The van der Waals surface area contributed by atoms with Gasteiger partial charge < -0.3 is 10.2 Å². The Morgan fingerprint density at radius 3 is 2.00 bits per heavy atom. The van der Waals surface area contributed by atoms with Gasteiger partial charge in [-0.25, -0.2) is 4.79 Å². The fourth-order valence-corrected chi connectivity index (χ4v) is 0.494. The molecule has 0 unspecified atom stereocenters. The van der Waals surface area contributed by atoms with E-state index in [1.807, 2.05) is 0 Å². The molecule has 0 aromatic heterocycles. The van der Waals surface area contributed by atoms with E-state index in [-0.39, 0.29) is 5.57 Å². The summed E-state index contributed by atoms with van der Waals surface area (Å²) in [6, 6.07) is 0. The van der Waals surface area contributed by atoms with E-state index < -0.39 is 18.4 Å². The highest BCUT2D eigenvalue weighted by atomic mass is 35.5. The van der Waals surface area contributed by atoms with Crippen LogP contribution in [0.4, 0.5) is 0 Å². The Morgan fingerprint density at radius 1 is 1.40 bits per heavy atom. The van der Waals surface area contributed by atoms with Crippen molar-refractivity contribution in [3.63, 3.8) is 0 Å². The minimum Gasteiger partial charge on any atom is -0.481 e. The van der Waals surface area contributed by atoms with Crippen LogP contribution in [-0.4, -0.2) is 22.2 Å². The first kappa shape index (κ1) is 8.97. The van der Waals surface area contributed by atoms with Gasteiger partial charge in [0.25, 0.3) is 0 Å². The van der Waals surface area contributed by atoms with Crippen LogP contribution in [0.2, 0.25) is 0 Å². The quantitative estimate of drug-likeness (QED) is 0.602. The maximum atomic E-state index is 10.0. The molecule has 4 nitrogen and oxygen atoms in total. The number of hydrogen-bond acceptors (Lipinski definition) is 2. The van der Waals surface area contributed by atoms with Crippen LogP contribution in [-0.2, 0) is 9.59 Å². The zero-order chi connectivity index (χ0) is 8.15. The SMILES string of the molecule is O=C(O)C/C(=C/Cl)C(=O)O. The van der Waals surface area contributed by atoms with Crippen molar-refractivity contribution in [1.82, 2.24) is 0 Å². The standard InChI is InChI=1S/C5H5ClO4/c6-2-3(5(9)10)1-4(7)8/h2H,1H2,(H,7,8)(H,9,10)/b3-2-. The van der Waals surface area contributed by atoms with E-state index in [0.717, 1.165) is 5.54 Å². The second kappa shape index (κ2) is 3.90. The highest BCUT2D eigenvalue weighted by Gasteiger charge is 2.10. The van der Waals surface area contributed by atoms with Crippen molar-refractivity contribution in [2.45, 2.75) is 6.42 Å². The lowest BCUT2D eigenvalue weighted by Gasteiger charge is -1.92. The molecule has 0 saturated carbocycles. The molecule has 10 heavy (non-hydrogen) atoms. The fourth-order valence-electron chi connectivity index (χ4n) is 0.324. The summed E-state index contributed by atoms with van der Waals surface area (Å²) in [5, 5.41) is 16.3. The van der Waals surface area contributed by atoms with Crippen LogP contribution in [0.5, 0.6) is 0 Å². The van der Waals surface area contributed by atoms with E-state index in [2.05, 4.69) is 0 Å². The van der Waals surface area contributed by atoms with Gasteiger partial charge in [-0.1, -0.05) is 11.6 Å². The monoisotopic (exact) mass is 164 g/mol. The van der Waals surface area contributed by atoms with Crippen LogP contribution in [0.15, 0.2) is 11.1 Å². The molecule has 5 heteroatoms. The molecule has 0 aliphatic heterocycles. The number of carbonyl (C=O) groups is 2. The zero-order valence-electron chi connectivity index (χ0n) is 4.87. The largest absolute Gasteiger partial charge is 0.481 e. The summed E-state index contributed by atoms with van der Waals surface area (Å²) in [4.78, 5) is 20.0. The van der Waals surface area contributed by atoms with Crippen LogP contribution in [0.1, 0.15) is 6.42 Å². The molecule has 2 N–H and O–H groups in total. The lowest BCUT2D eigenvalue weighted by molar-refractivity contribution is -0.139. The lowest BCUT2D eigenvalue weighted by Crippen LogP contribution is -2.05. The highest BCUT2D eigenvalue weighted by Crippen LogP contribution is 2.02. The van der Waals surface area contributed by atoms with Gasteiger partial charge in [0.1, 0.15) is 0 Å². The Labute approximate surface area is 61.7 Å². The first-order valence-corrected chi connectivity index (χ1v) is 2.76. The summed E-state index contributed by atoms with van der Waals surface area (Å²) >= 11 is 5.00. The molecule has 0 aromatic carbocycles. The number of carboxylic acid groups (broad SMARTS) is 2. The van der Waals surface area contributed by atoms with Crippen molar-refractivity contribution in [2.75, 3.05) is 0 Å². The summed E-state index contributed by atoms with van der Waals surface area (Å²) in [6.07, 6.45) is -0.557. The van der Waals surface area contributed by atoms with E-state index in [0.29, 0.717) is 0 Å². The second-order valence-corrected chi connectivity index (χ2v) is 1.73. The fraction of sp³-hybridized carbons (Fsp3) is 0.200. The maximum absolute atomic E-state index is 10.0. The average molecular weight is 165 g/mol. The molecule has 0 aliphatic carbocycles. The first-order chi connectivity index (χ1) is 4.57. The zero-order valence-corrected chi connectivity index (χ0v) is 5.63. The smallest absolute Gasteiger partial charge is 0.333 e. The maximum Gasteiger partial charge on any atom is 0.333 e. The van der Waals surface area contributed by atoms with Crippen molar-refractivity contribution in [1.29, 1.82) is 0 Å². The predicted molar refractivity (Wildman–Crippen MR) is 33.8 cm³/mol. The van der Waals surface area contributed by atoms with E-state index in [1.54, 1.807) is 0 Å². The third-order valence-electron chi connectivity index (χ3n) is 0.748. The van der Waals surface area contributed by atoms with E-state index >= 15 is 0 Å². The molecule has 0 saturated heterocycles. The molecule has 0 aliphatic rings. The van der Waals surface area contributed by atoms with E-state index in [1.165, 1.54) is 0 Å². The van der Waals surface area contributed by atoms with Crippen LogP contribution in [0.3, 0.4) is 0 Å². The number of hydrogen-bond donors (Lipinski definition) is 2. The van der Waals surface area contributed by atoms with Gasteiger partial charge in [-0.05, 0) is 0 Å². The molecule has 0 fully saturated rings. The van der Waals surface area contributed by atoms with Gasteiger partial charge in [-0.3, -0.25) is 4.79 Å². The summed E-state index contributed by atoms with van der Waals surface area (Å²) in [6.45, 7) is 0. The lowest BCUT2D eigenvalue weighted by atomic mass is 10.2. The van der Waals surface area contributed by atoms with Gasteiger partial charge in [-0.15, -0.1) is 0 Å². The normalized spacial score (nSPS) is 11.1. The summed E-state index contributed by atoms with van der Waals surface area (Å²) < 4.78 is 0. The Hall–Kier alpha value is -1.03. The van der Waals surface area contributed by atoms with Crippen molar-refractivity contribution < 1.29 is 19.8 Å². The van der Waals surface area contributed by atoms with E-state index in [4.69, 9.17) is 21.8 Å². The van der Waals surface area contributed by atoms with Crippen molar-refractivity contribution in [3.05, 3.63) is 11.1 Å². The predicted octanol–water partition coefficient (Wildman–Crippen LogP) is 0.668. The summed E-state index contributed by atoms with van der Waals surface area (Å²) in [5.41, 5.74) is 0.422. The van der Waals surface area contributed by atoms with Gasteiger partial charge in [0.2, 0.25) is 0 Å². The molecular formula is C5H5ClO4. The third kappa shape index (κ3) is 3.09. The highest BCUT2D eigenvalue weighted by molar-refractivity contribution is 6.27. The molecule has 0 radical (unpaired) electrons. The molecule has 0 rings (SSSR count). The number of halogens is 1. The van der Waals surface area contributed by atoms with Crippen molar-refractivity contribution >= 4 is 23.5 Å².